The molecule has 114 valence electrons. The van der Waals surface area contributed by atoms with E-state index < -0.39 is 0 Å². The van der Waals surface area contributed by atoms with Gasteiger partial charge in [-0.15, -0.1) is 0 Å². The van der Waals surface area contributed by atoms with Gasteiger partial charge in [-0.05, 0) is 43.9 Å². The molecule has 0 fully saturated rings. The molecule has 0 radical (unpaired) electrons. The zero-order valence-corrected chi connectivity index (χ0v) is 13.9. The molecule has 2 rings (SSSR count). The molecule has 4 heteroatoms. The third kappa shape index (κ3) is 3.88. The molecular weight excluding hydrogens is 295 g/mol. The van der Waals surface area contributed by atoms with Crippen molar-refractivity contribution in [1.82, 2.24) is 0 Å². The maximum absolute atomic E-state index is 12.7. The summed E-state index contributed by atoms with van der Waals surface area (Å²) in [6.45, 7) is 6.38. The van der Waals surface area contributed by atoms with Crippen molar-refractivity contribution in [2.24, 2.45) is 0 Å². The topological polar surface area (TPSA) is 43.4 Å². The van der Waals surface area contributed by atoms with Crippen molar-refractivity contribution in [1.29, 1.82) is 0 Å². The zero-order chi connectivity index (χ0) is 16.1. The lowest BCUT2D eigenvalue weighted by molar-refractivity contribution is 0.103. The smallest absolute Gasteiger partial charge is 0.294 e. The molecule has 0 aromatic heterocycles. The first-order chi connectivity index (χ1) is 10.5. The van der Waals surface area contributed by atoms with Gasteiger partial charge >= 0.3 is 8.69 Å². The van der Waals surface area contributed by atoms with Gasteiger partial charge in [0, 0.05) is 11.1 Å². The molecule has 0 atom stereocenters. The second-order valence-corrected chi connectivity index (χ2v) is 5.86. The minimum Gasteiger partial charge on any atom is -0.294 e. The average molecular weight is 314 g/mol. The van der Waals surface area contributed by atoms with Crippen molar-refractivity contribution in [3.8, 4) is 0 Å². The fourth-order valence-corrected chi connectivity index (χ4v) is 2.87. The predicted octanol–water partition coefficient (Wildman–Crippen LogP) is 4.61. The third-order valence-electron chi connectivity index (χ3n) is 3.65. The van der Waals surface area contributed by atoms with Gasteiger partial charge in [-0.1, -0.05) is 42.0 Å². The highest BCUT2D eigenvalue weighted by molar-refractivity contribution is 7.17. The van der Waals surface area contributed by atoms with Crippen molar-refractivity contribution in [3.05, 3.63) is 69.8 Å². The lowest BCUT2D eigenvalue weighted by Gasteiger charge is -2.11. The molecule has 2 aromatic carbocycles. The van der Waals surface area contributed by atoms with Gasteiger partial charge in [0.1, 0.15) is 0 Å². The Morgan fingerprint density at radius 2 is 1.64 bits per heavy atom. The second kappa shape index (κ2) is 7.44. The van der Waals surface area contributed by atoms with E-state index in [-0.39, 0.29) is 14.5 Å². The molecule has 0 N–H and O–H groups in total. The molecule has 2 aromatic rings. The Morgan fingerprint density at radius 3 is 2.18 bits per heavy atom. The summed E-state index contributed by atoms with van der Waals surface area (Å²) in [7, 11) is -0.299. The lowest BCUT2D eigenvalue weighted by atomic mass is 9.93. The second-order valence-electron chi connectivity index (χ2n) is 5.46. The Labute approximate surface area is 132 Å². The molecule has 0 aliphatic carbocycles. The van der Waals surface area contributed by atoms with Crippen LogP contribution in [-0.4, -0.2) is 12.4 Å². The third-order valence-corrected chi connectivity index (χ3v) is 3.94. The molecule has 22 heavy (non-hydrogen) atoms. The summed E-state index contributed by atoms with van der Waals surface area (Å²) in [5.74, 6) is 0.0517. The zero-order valence-electron chi connectivity index (χ0n) is 13.1. The van der Waals surface area contributed by atoms with Gasteiger partial charge in [-0.25, -0.2) is 4.57 Å². The molecule has 0 saturated carbocycles. The predicted molar refractivity (Wildman–Crippen MR) is 87.8 cm³/mol. The Bertz CT molecular complexity index is 667. The van der Waals surface area contributed by atoms with Crippen LogP contribution in [0.1, 0.15) is 38.2 Å². The summed E-state index contributed by atoms with van der Waals surface area (Å²) in [5, 5.41) is 0. The van der Waals surface area contributed by atoms with Crippen molar-refractivity contribution in [3.63, 3.8) is 0 Å². The molecular formula is C18H19O3P. The number of carbonyl (C=O) groups is 1. The molecule has 0 heterocycles. The van der Waals surface area contributed by atoms with Crippen LogP contribution in [0.2, 0.25) is 0 Å². The Kier molecular flexibility index (Phi) is 5.59. The van der Waals surface area contributed by atoms with Gasteiger partial charge in [0.05, 0.1) is 6.61 Å². The van der Waals surface area contributed by atoms with Crippen LogP contribution in [0.4, 0.5) is 0 Å². The van der Waals surface area contributed by atoms with Crippen molar-refractivity contribution in [2.45, 2.75) is 27.2 Å². The number of aryl methyl sites for hydroxylation is 3. The first kappa shape index (κ1) is 16.5. The van der Waals surface area contributed by atoms with E-state index in [1.165, 1.54) is 5.56 Å². The standard InChI is InChI=1S/C18H19O3P/c1-12-10-13(2)17(14(3)11-12)18(19)16-6-4-15(5-7-16)8-9-21-22-20/h4-7,10-11H,8-9H2,1-3H3. The van der Waals surface area contributed by atoms with Crippen LogP contribution in [0.25, 0.3) is 0 Å². The van der Waals surface area contributed by atoms with Crippen LogP contribution in [0.5, 0.6) is 0 Å². The molecule has 3 nitrogen and oxygen atoms in total. The van der Waals surface area contributed by atoms with E-state index in [2.05, 4.69) is 0 Å². The SMILES string of the molecule is Cc1cc(C)c(C(=O)c2ccc(CCOP=O)cc2)c(C)c1. The highest BCUT2D eigenvalue weighted by Crippen LogP contribution is 2.20. The van der Waals surface area contributed by atoms with E-state index in [1.807, 2.05) is 57.2 Å². The number of hydrogen-bond donors (Lipinski definition) is 0. The van der Waals surface area contributed by atoms with Gasteiger partial charge in [0.2, 0.25) is 0 Å². The fourth-order valence-electron chi connectivity index (χ4n) is 2.71. The van der Waals surface area contributed by atoms with Crippen LogP contribution in [-0.2, 0) is 15.5 Å². The Hall–Kier alpha value is -1.83. The Balaban J connectivity index is 2.21. The maximum atomic E-state index is 12.7. The number of ketones is 1. The van der Waals surface area contributed by atoms with E-state index in [1.54, 1.807) is 0 Å². The number of hydrogen-bond acceptors (Lipinski definition) is 3. The average Bonchev–Trinajstić information content (AvgIpc) is 2.47. The molecule has 0 unspecified atom stereocenters. The van der Waals surface area contributed by atoms with Crippen molar-refractivity contribution in [2.75, 3.05) is 6.61 Å². The first-order valence-electron chi connectivity index (χ1n) is 7.19. The van der Waals surface area contributed by atoms with Crippen LogP contribution in [0.3, 0.4) is 0 Å². The minimum absolute atomic E-state index is 0.0517. The van der Waals surface area contributed by atoms with E-state index in [9.17, 15) is 9.36 Å². The molecule has 0 amide bonds. The van der Waals surface area contributed by atoms with E-state index in [4.69, 9.17) is 4.52 Å². The summed E-state index contributed by atoms with van der Waals surface area (Å²) >= 11 is 0. The highest BCUT2D eigenvalue weighted by Gasteiger charge is 2.14. The molecule has 0 aliphatic rings. The minimum atomic E-state index is -0.299. The maximum Gasteiger partial charge on any atom is 0.327 e. The summed E-state index contributed by atoms with van der Waals surface area (Å²) < 4.78 is 15.0. The van der Waals surface area contributed by atoms with Crippen LogP contribution < -0.4 is 0 Å². The summed E-state index contributed by atoms with van der Waals surface area (Å²) in [6.07, 6.45) is 0.673. The Morgan fingerprint density at radius 1 is 1.05 bits per heavy atom. The van der Waals surface area contributed by atoms with Gasteiger partial charge in [0.25, 0.3) is 0 Å². The van der Waals surface area contributed by atoms with Crippen LogP contribution >= 0.6 is 8.69 Å². The van der Waals surface area contributed by atoms with Crippen molar-refractivity contribution >= 4 is 14.5 Å². The quantitative estimate of drug-likeness (QED) is 0.444. The fraction of sp³-hybridized carbons (Fsp3) is 0.278. The van der Waals surface area contributed by atoms with Gasteiger partial charge < -0.3 is 0 Å². The summed E-state index contributed by atoms with van der Waals surface area (Å²) in [5.41, 5.74) is 5.70. The summed E-state index contributed by atoms with van der Waals surface area (Å²) in [4.78, 5) is 12.7. The largest absolute Gasteiger partial charge is 0.327 e. The first-order valence-corrected chi connectivity index (χ1v) is 7.92. The van der Waals surface area contributed by atoms with E-state index >= 15 is 0 Å². The lowest BCUT2D eigenvalue weighted by Crippen LogP contribution is -2.07. The van der Waals surface area contributed by atoms with Gasteiger partial charge in [0.15, 0.2) is 5.78 Å². The van der Waals surface area contributed by atoms with Crippen LogP contribution in [0.15, 0.2) is 36.4 Å². The van der Waals surface area contributed by atoms with Gasteiger partial charge in [-0.3, -0.25) is 9.32 Å². The van der Waals surface area contributed by atoms with Gasteiger partial charge in [-0.2, -0.15) is 0 Å². The molecule has 0 saturated heterocycles. The number of carbonyl (C=O) groups excluding carboxylic acids is 1. The monoisotopic (exact) mass is 314 g/mol. The number of benzene rings is 2. The number of rotatable bonds is 6. The highest BCUT2D eigenvalue weighted by atomic mass is 31.1. The van der Waals surface area contributed by atoms with E-state index in [0.717, 1.165) is 22.3 Å². The normalized spacial score (nSPS) is 10.9. The summed E-state index contributed by atoms with van der Waals surface area (Å²) in [6, 6.07) is 11.6. The van der Waals surface area contributed by atoms with E-state index in [0.29, 0.717) is 18.6 Å². The van der Waals surface area contributed by atoms with Crippen LogP contribution in [0, 0.1) is 20.8 Å². The molecule has 0 spiro atoms. The van der Waals surface area contributed by atoms with Crippen molar-refractivity contribution < 1.29 is 13.9 Å². The molecule has 0 aliphatic heterocycles. The molecule has 0 bridgehead atoms.